The average Bonchev–Trinajstić information content (AvgIpc) is 2.26. The third-order valence-electron chi connectivity index (χ3n) is 1.99. The fraction of sp³-hybridized carbons (Fsp3) is 0.250. The minimum Gasteiger partial charge on any atom is -0.370 e. The molecule has 1 aromatic rings. The van der Waals surface area contributed by atoms with E-state index in [0.29, 0.717) is 0 Å². The molecule has 0 amide bonds. The van der Waals surface area contributed by atoms with Gasteiger partial charge in [-0.2, -0.15) is 0 Å². The Morgan fingerprint density at radius 1 is 1.43 bits per heavy atom. The van der Waals surface area contributed by atoms with Gasteiger partial charge in [-0.05, 0) is 12.5 Å². The molecular formula is C12H16N2. The highest BCUT2D eigenvalue weighted by Gasteiger charge is 1.99. The van der Waals surface area contributed by atoms with Gasteiger partial charge in [-0.15, -0.1) is 0 Å². The third-order valence-corrected chi connectivity index (χ3v) is 1.99. The summed E-state index contributed by atoms with van der Waals surface area (Å²) in [5, 5.41) is 3.21. The van der Waals surface area contributed by atoms with E-state index < -0.39 is 0 Å². The summed E-state index contributed by atoms with van der Waals surface area (Å²) in [6.45, 7) is 6.66. The van der Waals surface area contributed by atoms with Gasteiger partial charge in [0.05, 0.1) is 0 Å². The number of amidine groups is 1. The van der Waals surface area contributed by atoms with Crippen LogP contribution in [-0.4, -0.2) is 19.4 Å². The number of rotatable bonds is 3. The highest BCUT2D eigenvalue weighted by molar-refractivity contribution is 5.98. The molecule has 0 fully saturated rings. The van der Waals surface area contributed by atoms with Crippen LogP contribution < -0.4 is 5.32 Å². The molecule has 0 bridgehead atoms. The normalized spacial score (nSPS) is 11.1. The van der Waals surface area contributed by atoms with Crippen molar-refractivity contribution in [3.05, 3.63) is 42.0 Å². The Balaban J connectivity index is 2.89. The van der Waals surface area contributed by atoms with E-state index in [1.807, 2.05) is 30.3 Å². The molecule has 0 aliphatic carbocycles. The van der Waals surface area contributed by atoms with E-state index in [1.54, 1.807) is 7.05 Å². The molecule has 74 valence electrons. The van der Waals surface area contributed by atoms with Gasteiger partial charge >= 0.3 is 0 Å². The summed E-state index contributed by atoms with van der Waals surface area (Å²) in [4.78, 5) is 4.18. The first-order chi connectivity index (χ1) is 6.81. The van der Waals surface area contributed by atoms with Crippen molar-refractivity contribution in [2.45, 2.75) is 6.92 Å². The maximum absolute atomic E-state index is 4.18. The fourth-order valence-electron chi connectivity index (χ4n) is 1.25. The van der Waals surface area contributed by atoms with Crippen LogP contribution in [0.5, 0.6) is 0 Å². The van der Waals surface area contributed by atoms with Crippen molar-refractivity contribution in [1.29, 1.82) is 0 Å². The molecule has 0 radical (unpaired) electrons. The molecule has 0 unspecified atom stereocenters. The zero-order valence-electron chi connectivity index (χ0n) is 8.75. The molecule has 1 rings (SSSR count). The molecule has 0 saturated carbocycles. The third kappa shape index (κ3) is 2.46. The van der Waals surface area contributed by atoms with E-state index in [9.17, 15) is 0 Å². The number of hydrogen-bond donors (Lipinski definition) is 1. The van der Waals surface area contributed by atoms with Crippen LogP contribution in [0, 0.1) is 0 Å². The average molecular weight is 188 g/mol. The molecule has 1 aromatic carbocycles. The second-order valence-corrected chi connectivity index (χ2v) is 2.93. The van der Waals surface area contributed by atoms with E-state index in [1.165, 1.54) is 0 Å². The molecule has 2 nitrogen and oxygen atoms in total. The number of hydrogen-bond acceptors (Lipinski definition) is 1. The molecule has 0 atom stereocenters. The fourth-order valence-corrected chi connectivity index (χ4v) is 1.25. The van der Waals surface area contributed by atoms with E-state index in [2.05, 4.69) is 23.8 Å². The predicted octanol–water partition coefficient (Wildman–Crippen LogP) is 2.32. The number of benzene rings is 1. The van der Waals surface area contributed by atoms with Crippen molar-refractivity contribution in [3.63, 3.8) is 0 Å². The lowest BCUT2D eigenvalue weighted by Crippen LogP contribution is -2.23. The molecule has 0 aliphatic heterocycles. The van der Waals surface area contributed by atoms with E-state index >= 15 is 0 Å². The Morgan fingerprint density at radius 2 is 2.07 bits per heavy atom. The summed E-state index contributed by atoms with van der Waals surface area (Å²) in [7, 11) is 1.79. The van der Waals surface area contributed by atoms with Crippen molar-refractivity contribution in [3.8, 4) is 0 Å². The molecule has 0 heterocycles. The van der Waals surface area contributed by atoms with Crippen LogP contribution in [0.2, 0.25) is 0 Å². The van der Waals surface area contributed by atoms with E-state index in [-0.39, 0.29) is 0 Å². The summed E-state index contributed by atoms with van der Waals surface area (Å²) in [6, 6.07) is 8.15. The van der Waals surface area contributed by atoms with E-state index in [4.69, 9.17) is 0 Å². The standard InChI is InChI=1S/C12H16N2/c1-4-10-6-8-11(9-7-10)12(13-3)14-5-2/h4,6-9H,1,5H2,2-3H3,(H,13,14). The molecule has 2 heteroatoms. The lowest BCUT2D eigenvalue weighted by molar-refractivity contribution is 0.962. The Labute approximate surface area is 85.4 Å². The quantitative estimate of drug-likeness (QED) is 0.571. The van der Waals surface area contributed by atoms with Gasteiger partial charge in [0.2, 0.25) is 0 Å². The SMILES string of the molecule is C=Cc1ccc(/C(=N\C)NCC)cc1. The van der Waals surface area contributed by atoms with Crippen molar-refractivity contribution in [2.24, 2.45) is 4.99 Å². The molecular weight excluding hydrogens is 172 g/mol. The van der Waals surface area contributed by atoms with Gasteiger partial charge in [0.1, 0.15) is 5.84 Å². The zero-order valence-corrected chi connectivity index (χ0v) is 8.75. The van der Waals surface area contributed by atoms with Crippen LogP contribution in [0.1, 0.15) is 18.1 Å². The minimum absolute atomic E-state index is 0.885. The first kappa shape index (κ1) is 10.5. The van der Waals surface area contributed by atoms with Gasteiger partial charge in [-0.3, -0.25) is 4.99 Å². The van der Waals surface area contributed by atoms with Gasteiger partial charge in [0.25, 0.3) is 0 Å². The summed E-state index contributed by atoms with van der Waals surface area (Å²) < 4.78 is 0. The number of aliphatic imine (C=N–C) groups is 1. The molecule has 14 heavy (non-hydrogen) atoms. The molecule has 1 N–H and O–H groups in total. The van der Waals surface area contributed by atoms with Crippen LogP contribution in [-0.2, 0) is 0 Å². The lowest BCUT2D eigenvalue weighted by Gasteiger charge is -2.07. The number of nitrogens with zero attached hydrogens (tertiary/aromatic N) is 1. The van der Waals surface area contributed by atoms with Crippen LogP contribution >= 0.6 is 0 Å². The van der Waals surface area contributed by atoms with Crippen molar-refractivity contribution in [2.75, 3.05) is 13.6 Å². The molecule has 0 aromatic heterocycles. The van der Waals surface area contributed by atoms with Crippen molar-refractivity contribution >= 4 is 11.9 Å². The first-order valence-corrected chi connectivity index (χ1v) is 4.75. The minimum atomic E-state index is 0.885. The lowest BCUT2D eigenvalue weighted by atomic mass is 10.1. The van der Waals surface area contributed by atoms with Gasteiger partial charge in [0, 0.05) is 19.2 Å². The highest BCUT2D eigenvalue weighted by atomic mass is 15.0. The Bertz CT molecular complexity index is 323. The Morgan fingerprint density at radius 3 is 2.50 bits per heavy atom. The van der Waals surface area contributed by atoms with Gasteiger partial charge in [0.15, 0.2) is 0 Å². The summed E-state index contributed by atoms with van der Waals surface area (Å²) >= 11 is 0. The maximum Gasteiger partial charge on any atom is 0.127 e. The van der Waals surface area contributed by atoms with Gasteiger partial charge < -0.3 is 5.32 Å². The maximum atomic E-state index is 4.18. The van der Waals surface area contributed by atoms with Crippen LogP contribution in [0.4, 0.5) is 0 Å². The predicted molar refractivity (Wildman–Crippen MR) is 62.7 cm³/mol. The highest BCUT2D eigenvalue weighted by Crippen LogP contribution is 2.05. The summed E-state index contributed by atoms with van der Waals surface area (Å²) in [6.07, 6.45) is 1.83. The largest absolute Gasteiger partial charge is 0.370 e. The Kier molecular flexibility index (Phi) is 3.92. The van der Waals surface area contributed by atoms with Crippen LogP contribution in [0.15, 0.2) is 35.8 Å². The first-order valence-electron chi connectivity index (χ1n) is 4.75. The second-order valence-electron chi connectivity index (χ2n) is 2.93. The zero-order chi connectivity index (χ0) is 10.4. The second kappa shape index (κ2) is 5.22. The molecule has 0 aliphatic rings. The van der Waals surface area contributed by atoms with Crippen molar-refractivity contribution < 1.29 is 0 Å². The molecule has 0 spiro atoms. The van der Waals surface area contributed by atoms with Crippen LogP contribution in [0.25, 0.3) is 6.08 Å². The Hall–Kier alpha value is -1.57. The smallest absolute Gasteiger partial charge is 0.127 e. The molecule has 0 saturated heterocycles. The van der Waals surface area contributed by atoms with Crippen LogP contribution in [0.3, 0.4) is 0 Å². The topological polar surface area (TPSA) is 24.4 Å². The summed E-state index contributed by atoms with van der Waals surface area (Å²) in [5.41, 5.74) is 2.24. The summed E-state index contributed by atoms with van der Waals surface area (Å²) in [5.74, 6) is 0.933. The van der Waals surface area contributed by atoms with Crippen molar-refractivity contribution in [1.82, 2.24) is 5.32 Å². The van der Waals surface area contributed by atoms with E-state index in [0.717, 1.165) is 23.5 Å². The van der Waals surface area contributed by atoms with Gasteiger partial charge in [-0.25, -0.2) is 0 Å². The van der Waals surface area contributed by atoms with Gasteiger partial charge in [-0.1, -0.05) is 36.9 Å². The monoisotopic (exact) mass is 188 g/mol. The number of nitrogens with one attached hydrogen (secondary N) is 1.